The summed E-state index contributed by atoms with van der Waals surface area (Å²) in [6.07, 6.45) is 21.6. The van der Waals surface area contributed by atoms with Crippen molar-refractivity contribution in [1.29, 1.82) is 0 Å². The molecule has 3 aliphatic rings. The molecule has 2 unspecified atom stereocenters. The van der Waals surface area contributed by atoms with Gasteiger partial charge in [0.05, 0.1) is 0 Å². The number of hydrogen-bond donors (Lipinski definition) is 2. The summed E-state index contributed by atoms with van der Waals surface area (Å²) in [6.45, 7) is 0. The monoisotopic (exact) mass is 392 g/mol. The first-order valence-electron chi connectivity index (χ1n) is 10.4. The number of benzene rings is 2. The first-order chi connectivity index (χ1) is 14.7. The molecule has 2 atom stereocenters. The Hall–Kier alpha value is -3.52. The van der Waals surface area contributed by atoms with Crippen LogP contribution in [-0.4, -0.2) is 10.2 Å². The lowest BCUT2D eigenvalue weighted by atomic mass is 9.77. The molecular formula is C28H24O2. The van der Waals surface area contributed by atoms with E-state index in [-0.39, 0.29) is 0 Å². The van der Waals surface area contributed by atoms with Gasteiger partial charge >= 0.3 is 0 Å². The predicted octanol–water partition coefficient (Wildman–Crippen LogP) is 6.44. The van der Waals surface area contributed by atoms with E-state index in [2.05, 4.69) is 54.7 Å². The molecule has 2 heteroatoms. The van der Waals surface area contributed by atoms with Crippen LogP contribution in [0, 0.1) is 17.8 Å². The van der Waals surface area contributed by atoms with Crippen molar-refractivity contribution in [2.24, 2.45) is 17.8 Å². The van der Waals surface area contributed by atoms with E-state index < -0.39 is 0 Å². The van der Waals surface area contributed by atoms with Crippen LogP contribution in [0.5, 0.6) is 11.5 Å². The average molecular weight is 392 g/mol. The molecular weight excluding hydrogens is 368 g/mol. The number of phenolic OH excluding ortho intramolecular Hbond substituents is 2. The molecule has 2 aromatic rings. The van der Waals surface area contributed by atoms with Crippen molar-refractivity contribution in [3.8, 4) is 11.5 Å². The second-order valence-electron chi connectivity index (χ2n) is 8.08. The maximum atomic E-state index is 9.58. The molecule has 0 aromatic heterocycles. The first kappa shape index (κ1) is 18.5. The highest BCUT2D eigenvalue weighted by atomic mass is 16.3. The predicted molar refractivity (Wildman–Crippen MR) is 123 cm³/mol. The minimum absolute atomic E-state index is 0.292. The molecule has 2 aromatic carbocycles. The summed E-state index contributed by atoms with van der Waals surface area (Å²) in [4.78, 5) is 0. The topological polar surface area (TPSA) is 40.5 Å². The molecule has 0 fully saturated rings. The third-order valence-corrected chi connectivity index (χ3v) is 6.16. The Morgan fingerprint density at radius 2 is 1.17 bits per heavy atom. The SMILES string of the molecule is Oc1ccc(C2=CC(C(C3=CCC=C3)C3C=CC(c4ccc(O)cc4)=C3)C=C2)cc1. The fourth-order valence-electron chi connectivity index (χ4n) is 4.63. The second kappa shape index (κ2) is 7.72. The molecule has 0 amide bonds. The van der Waals surface area contributed by atoms with Gasteiger partial charge < -0.3 is 10.2 Å². The Bertz CT molecular complexity index is 1040. The van der Waals surface area contributed by atoms with Gasteiger partial charge in [0.1, 0.15) is 11.5 Å². The molecule has 0 heterocycles. The normalized spacial score (nSPS) is 22.9. The summed E-state index contributed by atoms with van der Waals surface area (Å²) in [6, 6.07) is 14.8. The first-order valence-corrected chi connectivity index (χ1v) is 10.4. The smallest absolute Gasteiger partial charge is 0.115 e. The number of aromatic hydroxyl groups is 2. The van der Waals surface area contributed by atoms with Crippen LogP contribution in [0.2, 0.25) is 0 Å². The van der Waals surface area contributed by atoms with E-state index in [0.717, 1.165) is 17.5 Å². The third-order valence-electron chi connectivity index (χ3n) is 6.16. The summed E-state index contributed by atoms with van der Waals surface area (Å²) in [5, 5.41) is 19.2. The van der Waals surface area contributed by atoms with Crippen molar-refractivity contribution in [2.75, 3.05) is 0 Å². The molecule has 0 aliphatic heterocycles. The summed E-state index contributed by atoms with van der Waals surface area (Å²) in [5.41, 5.74) is 6.06. The Labute approximate surface area is 177 Å². The summed E-state index contributed by atoms with van der Waals surface area (Å²) >= 11 is 0. The van der Waals surface area contributed by atoms with Crippen LogP contribution in [0.1, 0.15) is 17.5 Å². The van der Waals surface area contributed by atoms with E-state index >= 15 is 0 Å². The van der Waals surface area contributed by atoms with Gasteiger partial charge in [-0.1, -0.05) is 78.9 Å². The zero-order valence-corrected chi connectivity index (χ0v) is 16.6. The van der Waals surface area contributed by atoms with E-state index in [4.69, 9.17) is 0 Å². The van der Waals surface area contributed by atoms with Crippen molar-refractivity contribution < 1.29 is 10.2 Å². The number of rotatable bonds is 5. The Kier molecular flexibility index (Phi) is 4.76. The van der Waals surface area contributed by atoms with Gasteiger partial charge in [0.2, 0.25) is 0 Å². The van der Waals surface area contributed by atoms with E-state index in [9.17, 15) is 10.2 Å². The van der Waals surface area contributed by atoms with Crippen molar-refractivity contribution in [3.63, 3.8) is 0 Å². The van der Waals surface area contributed by atoms with Crippen LogP contribution in [-0.2, 0) is 0 Å². The summed E-state index contributed by atoms with van der Waals surface area (Å²) in [5.74, 6) is 1.56. The molecule has 30 heavy (non-hydrogen) atoms. The number of phenols is 2. The molecule has 2 N–H and O–H groups in total. The van der Waals surface area contributed by atoms with Crippen LogP contribution in [0.3, 0.4) is 0 Å². The summed E-state index contributed by atoms with van der Waals surface area (Å²) in [7, 11) is 0. The lowest BCUT2D eigenvalue weighted by Crippen LogP contribution is -2.19. The highest BCUT2D eigenvalue weighted by Gasteiger charge is 2.31. The van der Waals surface area contributed by atoms with Crippen molar-refractivity contribution in [3.05, 3.63) is 120 Å². The Balaban J connectivity index is 1.45. The minimum Gasteiger partial charge on any atom is -0.508 e. The molecule has 5 rings (SSSR count). The van der Waals surface area contributed by atoms with Gasteiger partial charge in [-0.3, -0.25) is 0 Å². The zero-order chi connectivity index (χ0) is 20.5. The van der Waals surface area contributed by atoms with Gasteiger partial charge in [0.25, 0.3) is 0 Å². The number of hydrogen-bond acceptors (Lipinski definition) is 2. The van der Waals surface area contributed by atoms with Crippen LogP contribution in [0.4, 0.5) is 0 Å². The Morgan fingerprint density at radius 1 is 0.667 bits per heavy atom. The molecule has 0 bridgehead atoms. The largest absolute Gasteiger partial charge is 0.508 e. The molecule has 3 aliphatic carbocycles. The van der Waals surface area contributed by atoms with Crippen molar-refractivity contribution in [1.82, 2.24) is 0 Å². The van der Waals surface area contributed by atoms with Gasteiger partial charge in [0.15, 0.2) is 0 Å². The second-order valence-corrected chi connectivity index (χ2v) is 8.08. The standard InChI is InChI=1S/C28H24O2/c29-26-13-9-19(10-14-26)22-5-7-24(17-22)28(21-3-1-2-4-21)25-8-6-23(18-25)20-11-15-27(30)16-12-20/h1,3-18,24-25,28-30H,2H2. The quantitative estimate of drug-likeness (QED) is 0.615. The molecule has 148 valence electrons. The zero-order valence-electron chi connectivity index (χ0n) is 16.6. The van der Waals surface area contributed by atoms with Gasteiger partial charge in [-0.05, 0) is 58.5 Å². The van der Waals surface area contributed by atoms with Gasteiger partial charge in [-0.2, -0.15) is 0 Å². The van der Waals surface area contributed by atoms with Crippen LogP contribution in [0.15, 0.2) is 109 Å². The fraction of sp³-hybridized carbons (Fsp3) is 0.143. The molecule has 0 radical (unpaired) electrons. The molecule has 0 saturated heterocycles. The third kappa shape index (κ3) is 3.57. The highest BCUT2D eigenvalue weighted by molar-refractivity contribution is 5.79. The summed E-state index contributed by atoms with van der Waals surface area (Å²) < 4.78 is 0. The molecule has 2 nitrogen and oxygen atoms in total. The Morgan fingerprint density at radius 3 is 1.60 bits per heavy atom. The van der Waals surface area contributed by atoms with E-state index in [1.807, 2.05) is 24.3 Å². The highest BCUT2D eigenvalue weighted by Crippen LogP contribution is 2.43. The lowest BCUT2D eigenvalue weighted by molar-refractivity contribution is 0.472. The van der Waals surface area contributed by atoms with E-state index in [1.165, 1.54) is 16.7 Å². The van der Waals surface area contributed by atoms with Crippen molar-refractivity contribution in [2.45, 2.75) is 6.42 Å². The molecule has 0 saturated carbocycles. The van der Waals surface area contributed by atoms with Crippen LogP contribution in [0.25, 0.3) is 11.1 Å². The maximum Gasteiger partial charge on any atom is 0.115 e. The fourth-order valence-corrected chi connectivity index (χ4v) is 4.63. The average Bonchev–Trinajstić information content (AvgIpc) is 3.53. The van der Waals surface area contributed by atoms with Crippen LogP contribution < -0.4 is 0 Å². The van der Waals surface area contributed by atoms with Gasteiger partial charge in [-0.15, -0.1) is 0 Å². The van der Waals surface area contributed by atoms with Gasteiger partial charge in [0, 0.05) is 17.8 Å². The molecule has 0 spiro atoms. The van der Waals surface area contributed by atoms with Crippen LogP contribution >= 0.6 is 0 Å². The minimum atomic E-state index is 0.292. The van der Waals surface area contributed by atoms with E-state index in [0.29, 0.717) is 29.3 Å². The van der Waals surface area contributed by atoms with Gasteiger partial charge in [-0.25, -0.2) is 0 Å². The van der Waals surface area contributed by atoms with E-state index in [1.54, 1.807) is 24.3 Å². The number of allylic oxidation sites excluding steroid dienone is 12. The lowest BCUT2D eigenvalue weighted by Gasteiger charge is -2.26. The maximum absolute atomic E-state index is 9.58. The van der Waals surface area contributed by atoms with Crippen molar-refractivity contribution >= 4 is 11.1 Å².